The molecular weight excluding hydrogens is 468 g/mol. The van der Waals surface area contributed by atoms with E-state index in [0.29, 0.717) is 29.6 Å². The van der Waals surface area contributed by atoms with E-state index in [0.717, 1.165) is 16.7 Å². The third-order valence-corrected chi connectivity index (χ3v) is 7.09. The van der Waals surface area contributed by atoms with Gasteiger partial charge < -0.3 is 19.3 Å². The van der Waals surface area contributed by atoms with Crippen LogP contribution >= 0.6 is 0 Å². The molecule has 194 valence electrons. The summed E-state index contributed by atoms with van der Waals surface area (Å²) < 4.78 is 15.3. The van der Waals surface area contributed by atoms with Crippen LogP contribution in [0.2, 0.25) is 0 Å². The molecule has 37 heavy (non-hydrogen) atoms. The number of hydrogen-bond acceptors (Lipinski definition) is 5. The van der Waals surface area contributed by atoms with Gasteiger partial charge in [0.15, 0.2) is 11.5 Å². The normalized spacial score (nSPS) is 20.5. The predicted octanol–water partition coefficient (Wildman–Crippen LogP) is 6.61. The maximum Gasteiger partial charge on any atom is 0.307 e. The minimum absolute atomic E-state index is 0.142. The number of ether oxygens (including phenoxy) is 3. The average Bonchev–Trinajstić information content (AvgIpc) is 2.92. The van der Waals surface area contributed by atoms with Crippen molar-refractivity contribution in [3.05, 3.63) is 90.0 Å². The highest BCUT2D eigenvalue weighted by Gasteiger charge is 2.52. The van der Waals surface area contributed by atoms with Crippen molar-refractivity contribution in [1.82, 2.24) is 0 Å². The lowest BCUT2D eigenvalue weighted by Gasteiger charge is -2.49. The number of carbonyl (C=O) groups excluding carboxylic acids is 1. The van der Waals surface area contributed by atoms with Gasteiger partial charge in [0, 0.05) is 5.92 Å². The van der Waals surface area contributed by atoms with E-state index >= 15 is 0 Å². The summed E-state index contributed by atoms with van der Waals surface area (Å²) in [7, 11) is 3.18. The first-order valence-corrected chi connectivity index (χ1v) is 12.2. The van der Waals surface area contributed by atoms with E-state index < -0.39 is 5.97 Å². The number of methoxy groups -OCH3 is 2. The summed E-state index contributed by atoms with van der Waals surface area (Å²) in [6, 6.07) is 22.9. The molecule has 0 amide bonds. The molecule has 0 aromatic heterocycles. The smallest absolute Gasteiger partial charge is 0.307 e. The van der Waals surface area contributed by atoms with Gasteiger partial charge in [-0.1, -0.05) is 67.1 Å². The Morgan fingerprint density at radius 1 is 0.865 bits per heavy atom. The molecule has 1 N–H and O–H groups in total. The maximum absolute atomic E-state index is 11.5. The number of hydrogen-bond donors (Lipinski definition) is 1. The Morgan fingerprint density at radius 3 is 2.14 bits per heavy atom. The average molecular weight is 503 g/mol. The zero-order chi connectivity index (χ0) is 26.9. The van der Waals surface area contributed by atoms with Crippen molar-refractivity contribution >= 4 is 12.4 Å². The van der Waals surface area contributed by atoms with Crippen LogP contribution in [0.4, 0.5) is 0 Å². The molecule has 1 aliphatic rings. The molecule has 6 nitrogen and oxygen atoms in total. The molecule has 0 heterocycles. The maximum atomic E-state index is 11.5. The molecule has 6 heteroatoms. The third-order valence-electron chi connectivity index (χ3n) is 7.09. The first-order valence-electron chi connectivity index (χ1n) is 12.2. The second-order valence-corrected chi connectivity index (χ2v) is 9.03. The van der Waals surface area contributed by atoms with Crippen molar-refractivity contribution in [2.45, 2.75) is 26.7 Å². The third kappa shape index (κ3) is 6.20. The van der Waals surface area contributed by atoms with Gasteiger partial charge in [-0.3, -0.25) is 9.59 Å². The Bertz CT molecular complexity index is 1230. The highest BCUT2D eigenvalue weighted by molar-refractivity contribution is 5.74. The van der Waals surface area contributed by atoms with E-state index in [2.05, 4.69) is 6.92 Å². The van der Waals surface area contributed by atoms with Gasteiger partial charge in [0.25, 0.3) is 6.47 Å². The molecule has 1 saturated carbocycles. The Labute approximate surface area is 218 Å². The van der Waals surface area contributed by atoms with Crippen LogP contribution < -0.4 is 14.2 Å². The molecular formula is C31H34O6. The van der Waals surface area contributed by atoms with Crippen LogP contribution in [0.15, 0.2) is 84.4 Å². The zero-order valence-electron chi connectivity index (χ0n) is 21.9. The SMILES string of the molecule is C/C=C(\C)[C@H]1C(C)[C@@H](c2ccccc2)C1C(=O)O.COc1ccc(-c2cccc(OC=O)c2)cc1OC. The summed E-state index contributed by atoms with van der Waals surface area (Å²) >= 11 is 0. The molecule has 3 aromatic rings. The first-order chi connectivity index (χ1) is 17.9. The largest absolute Gasteiger partial charge is 0.493 e. The van der Waals surface area contributed by atoms with Gasteiger partial charge in [-0.2, -0.15) is 0 Å². The Balaban J connectivity index is 0.000000206. The van der Waals surface area contributed by atoms with E-state index in [1.54, 1.807) is 26.4 Å². The number of aliphatic carboxylic acids is 1. The molecule has 0 aliphatic heterocycles. The Morgan fingerprint density at radius 2 is 1.54 bits per heavy atom. The highest BCUT2D eigenvalue weighted by Crippen LogP contribution is 2.55. The van der Waals surface area contributed by atoms with Crippen molar-refractivity contribution in [3.63, 3.8) is 0 Å². The summed E-state index contributed by atoms with van der Waals surface area (Å²) in [6.45, 7) is 6.59. The fraction of sp³-hybridized carbons (Fsp3) is 0.290. The fourth-order valence-electron chi connectivity index (χ4n) is 5.16. The molecule has 1 fully saturated rings. The summed E-state index contributed by atoms with van der Waals surface area (Å²) in [5.74, 6) is 1.59. The molecule has 2 unspecified atom stereocenters. The lowest BCUT2D eigenvalue weighted by molar-refractivity contribution is -0.151. The minimum atomic E-state index is -0.673. The van der Waals surface area contributed by atoms with Gasteiger partial charge in [0.05, 0.1) is 20.1 Å². The number of benzene rings is 3. The quantitative estimate of drug-likeness (QED) is 0.276. The monoisotopic (exact) mass is 502 g/mol. The summed E-state index contributed by atoms with van der Waals surface area (Å²) in [6.07, 6.45) is 2.04. The van der Waals surface area contributed by atoms with Crippen LogP contribution in [0.5, 0.6) is 17.2 Å². The summed E-state index contributed by atoms with van der Waals surface area (Å²) in [5.41, 5.74) is 4.23. The second-order valence-electron chi connectivity index (χ2n) is 9.03. The van der Waals surface area contributed by atoms with Gasteiger partial charge in [0.1, 0.15) is 5.75 Å². The standard InChI is InChI=1S/C16H20O2.C15H14O4/c1-4-10(2)13-11(3)14(15(13)16(17)18)12-8-6-5-7-9-12;1-17-14-7-6-12(9-15(14)18-2)11-4-3-5-13(8-11)19-10-16/h4-9,11,13-15H,1-3H3,(H,17,18);3-10H,1-2H3/b10-4+;/t11?,13-,14-,15?;/m0./s1. The number of carbonyl (C=O) groups is 2. The van der Waals surface area contributed by atoms with Crippen LogP contribution in [0.3, 0.4) is 0 Å². The van der Waals surface area contributed by atoms with Gasteiger partial charge in [-0.05, 0) is 66.6 Å². The number of allylic oxidation sites excluding steroid dienone is 2. The van der Waals surface area contributed by atoms with Crippen LogP contribution in [0.1, 0.15) is 32.3 Å². The molecule has 4 rings (SSSR count). The van der Waals surface area contributed by atoms with Gasteiger partial charge in [-0.15, -0.1) is 0 Å². The van der Waals surface area contributed by atoms with Gasteiger partial charge >= 0.3 is 5.97 Å². The zero-order valence-corrected chi connectivity index (χ0v) is 21.9. The topological polar surface area (TPSA) is 82.1 Å². The van der Waals surface area contributed by atoms with Gasteiger partial charge in [-0.25, -0.2) is 0 Å². The van der Waals surface area contributed by atoms with Crippen LogP contribution in [-0.4, -0.2) is 31.8 Å². The predicted molar refractivity (Wildman–Crippen MR) is 144 cm³/mol. The van der Waals surface area contributed by atoms with Crippen molar-refractivity contribution in [1.29, 1.82) is 0 Å². The van der Waals surface area contributed by atoms with Crippen LogP contribution in [-0.2, 0) is 9.59 Å². The number of carboxylic acid groups (broad SMARTS) is 1. The van der Waals surface area contributed by atoms with Crippen molar-refractivity contribution < 1.29 is 28.9 Å². The van der Waals surface area contributed by atoms with E-state index in [4.69, 9.17) is 14.2 Å². The lowest BCUT2D eigenvalue weighted by atomic mass is 9.53. The molecule has 3 aromatic carbocycles. The van der Waals surface area contributed by atoms with Gasteiger partial charge in [0.2, 0.25) is 0 Å². The molecule has 1 aliphatic carbocycles. The molecule has 4 atom stereocenters. The van der Waals surface area contributed by atoms with Crippen molar-refractivity contribution in [2.75, 3.05) is 14.2 Å². The Hall–Kier alpha value is -4.06. The molecule has 0 spiro atoms. The van der Waals surface area contributed by atoms with Crippen LogP contribution in [0.25, 0.3) is 11.1 Å². The number of carboxylic acids is 1. The van der Waals surface area contributed by atoms with Crippen molar-refractivity contribution in [3.8, 4) is 28.4 Å². The lowest BCUT2D eigenvalue weighted by Crippen LogP contribution is -2.48. The van der Waals surface area contributed by atoms with E-state index in [1.165, 1.54) is 5.57 Å². The summed E-state index contributed by atoms with van der Waals surface area (Å²) in [4.78, 5) is 21.9. The fourth-order valence-corrected chi connectivity index (χ4v) is 5.16. The Kier molecular flexibility index (Phi) is 9.50. The molecule has 0 saturated heterocycles. The minimum Gasteiger partial charge on any atom is -0.493 e. The van der Waals surface area contributed by atoms with E-state index in [9.17, 15) is 14.7 Å². The molecule has 0 radical (unpaired) electrons. The van der Waals surface area contributed by atoms with E-state index in [-0.39, 0.29) is 17.8 Å². The first kappa shape index (κ1) is 27.5. The second kappa shape index (κ2) is 12.8. The summed E-state index contributed by atoms with van der Waals surface area (Å²) in [5, 5.41) is 9.47. The van der Waals surface area contributed by atoms with E-state index in [1.807, 2.05) is 80.6 Å². The number of rotatable bonds is 8. The molecule has 0 bridgehead atoms. The van der Waals surface area contributed by atoms with Crippen molar-refractivity contribution in [2.24, 2.45) is 17.8 Å². The van der Waals surface area contributed by atoms with Crippen LogP contribution in [0, 0.1) is 17.8 Å². The highest BCUT2D eigenvalue weighted by atomic mass is 16.5.